The van der Waals surface area contributed by atoms with Crippen molar-refractivity contribution in [3.05, 3.63) is 28.5 Å². The van der Waals surface area contributed by atoms with Crippen molar-refractivity contribution in [1.29, 1.82) is 0 Å². The summed E-state index contributed by atoms with van der Waals surface area (Å²) in [6, 6.07) is 1.63. The van der Waals surface area contributed by atoms with Crippen LogP contribution in [0.2, 0.25) is 0 Å². The van der Waals surface area contributed by atoms with Gasteiger partial charge in [-0.3, -0.25) is 9.78 Å². The minimum absolute atomic E-state index is 0.216. The quantitative estimate of drug-likeness (QED) is 0.761. The Labute approximate surface area is 156 Å². The number of esters is 1. The summed E-state index contributed by atoms with van der Waals surface area (Å²) < 4.78 is 5.81. The number of amides is 1. The maximum absolute atomic E-state index is 12.1. The summed E-state index contributed by atoms with van der Waals surface area (Å²) in [6.45, 7) is 0.489. The lowest BCUT2D eigenvalue weighted by molar-refractivity contribution is -0.126. The molecule has 134 valence electrons. The summed E-state index contributed by atoms with van der Waals surface area (Å²) >= 11 is 3.26. The molecule has 0 radical (unpaired) electrons. The van der Waals surface area contributed by atoms with Gasteiger partial charge in [0.25, 0.3) is 5.91 Å². The van der Waals surface area contributed by atoms with Gasteiger partial charge in [-0.1, -0.05) is 0 Å². The van der Waals surface area contributed by atoms with Crippen LogP contribution in [0.25, 0.3) is 0 Å². The first-order valence-electron chi connectivity index (χ1n) is 9.06. The molecule has 0 unspecified atom stereocenters. The van der Waals surface area contributed by atoms with Gasteiger partial charge in [0.1, 0.15) is 0 Å². The number of hydrogen-bond acceptors (Lipinski definition) is 4. The number of carbonyl (C=O) groups is 2. The number of nitrogens with one attached hydrogen (secondary N) is 1. The van der Waals surface area contributed by atoms with Gasteiger partial charge in [-0.2, -0.15) is 0 Å². The van der Waals surface area contributed by atoms with E-state index in [4.69, 9.17) is 4.74 Å². The van der Waals surface area contributed by atoms with E-state index < -0.39 is 5.97 Å². The van der Waals surface area contributed by atoms with Crippen LogP contribution in [0.5, 0.6) is 0 Å². The van der Waals surface area contributed by atoms with E-state index in [2.05, 4.69) is 26.2 Å². The Hall–Kier alpha value is -1.43. The smallest absolute Gasteiger partial charge is 0.340 e. The molecular formula is C19H23BrN2O3. The van der Waals surface area contributed by atoms with E-state index in [9.17, 15) is 9.59 Å². The predicted octanol–water partition coefficient (Wildman–Crippen LogP) is 3.33. The van der Waals surface area contributed by atoms with E-state index in [1.54, 1.807) is 12.3 Å². The van der Waals surface area contributed by atoms with Crippen molar-refractivity contribution >= 4 is 27.8 Å². The molecule has 0 atom stereocenters. The molecule has 5 nitrogen and oxygen atoms in total. The Kier molecular flexibility index (Phi) is 4.56. The van der Waals surface area contributed by atoms with Crippen LogP contribution in [0.4, 0.5) is 0 Å². The molecule has 4 fully saturated rings. The van der Waals surface area contributed by atoms with Gasteiger partial charge in [-0.25, -0.2) is 4.79 Å². The fraction of sp³-hybridized carbons (Fsp3) is 0.632. The Balaban J connectivity index is 1.26. The number of aromatic nitrogens is 1. The van der Waals surface area contributed by atoms with Crippen LogP contribution < -0.4 is 5.32 Å². The van der Waals surface area contributed by atoms with Crippen LogP contribution in [-0.4, -0.2) is 30.0 Å². The summed E-state index contributed by atoms with van der Waals surface area (Å²) in [5.41, 5.74) is 0.631. The molecule has 4 aliphatic rings. The predicted molar refractivity (Wildman–Crippen MR) is 95.8 cm³/mol. The van der Waals surface area contributed by atoms with Crippen molar-refractivity contribution in [3.8, 4) is 0 Å². The van der Waals surface area contributed by atoms with Crippen molar-refractivity contribution in [3.63, 3.8) is 0 Å². The Bertz CT molecular complexity index is 656. The minimum Gasteiger partial charge on any atom is -0.452 e. The molecule has 1 aromatic rings. The van der Waals surface area contributed by atoms with Crippen LogP contribution in [0.3, 0.4) is 0 Å². The third-order valence-electron chi connectivity index (χ3n) is 6.10. The maximum atomic E-state index is 12.1. The summed E-state index contributed by atoms with van der Waals surface area (Å²) in [6.07, 6.45) is 11.0. The van der Waals surface area contributed by atoms with E-state index in [-0.39, 0.29) is 12.5 Å². The largest absolute Gasteiger partial charge is 0.452 e. The van der Waals surface area contributed by atoms with E-state index in [1.165, 1.54) is 44.7 Å². The number of carbonyl (C=O) groups excluding carboxylic acids is 2. The second-order valence-corrected chi connectivity index (χ2v) is 9.08. The number of hydrogen-bond donors (Lipinski definition) is 1. The van der Waals surface area contributed by atoms with Gasteiger partial charge in [-0.05, 0) is 83.7 Å². The molecule has 1 amide bonds. The lowest BCUT2D eigenvalue weighted by Crippen LogP contribution is -2.51. The average Bonchev–Trinajstić information content (AvgIpc) is 2.57. The number of rotatable bonds is 5. The van der Waals surface area contributed by atoms with Crippen molar-refractivity contribution in [2.45, 2.75) is 38.5 Å². The molecule has 4 bridgehead atoms. The first-order valence-corrected chi connectivity index (χ1v) is 9.85. The van der Waals surface area contributed by atoms with E-state index in [0.717, 1.165) is 24.3 Å². The van der Waals surface area contributed by atoms with E-state index in [1.807, 2.05) is 0 Å². The average molecular weight is 407 g/mol. The van der Waals surface area contributed by atoms with E-state index >= 15 is 0 Å². The second-order valence-electron chi connectivity index (χ2n) is 8.16. The van der Waals surface area contributed by atoms with Gasteiger partial charge in [0, 0.05) is 23.4 Å². The fourth-order valence-corrected chi connectivity index (χ4v) is 5.95. The highest BCUT2D eigenvalue weighted by Gasteiger charge is 2.50. The van der Waals surface area contributed by atoms with Crippen molar-refractivity contribution in [2.24, 2.45) is 23.2 Å². The van der Waals surface area contributed by atoms with Gasteiger partial charge in [-0.15, -0.1) is 0 Å². The van der Waals surface area contributed by atoms with Gasteiger partial charge in [0.2, 0.25) is 0 Å². The molecule has 4 saturated carbocycles. The Morgan fingerprint density at radius 1 is 1.16 bits per heavy atom. The molecule has 6 heteroatoms. The van der Waals surface area contributed by atoms with Crippen molar-refractivity contribution in [2.75, 3.05) is 13.2 Å². The summed E-state index contributed by atoms with van der Waals surface area (Å²) in [4.78, 5) is 28.0. The standard InChI is InChI=1S/C19H23BrN2O3/c20-16-4-15(8-21-9-16)18(24)25-10-17(23)22-11-19-5-12-1-13(6-19)3-14(2-12)7-19/h4,8-9,12-14H,1-3,5-7,10-11H2,(H,22,23). The van der Waals surface area contributed by atoms with Crippen LogP contribution in [-0.2, 0) is 9.53 Å². The highest BCUT2D eigenvalue weighted by molar-refractivity contribution is 9.10. The number of halogens is 1. The zero-order valence-electron chi connectivity index (χ0n) is 14.2. The highest BCUT2D eigenvalue weighted by atomic mass is 79.9. The zero-order chi connectivity index (χ0) is 17.4. The molecule has 25 heavy (non-hydrogen) atoms. The van der Waals surface area contributed by atoms with Gasteiger partial charge in [0.15, 0.2) is 6.61 Å². The number of pyridine rings is 1. The van der Waals surface area contributed by atoms with Crippen LogP contribution in [0.1, 0.15) is 48.9 Å². The molecule has 1 aromatic heterocycles. The molecule has 4 aliphatic carbocycles. The van der Waals surface area contributed by atoms with Gasteiger partial charge < -0.3 is 10.1 Å². The van der Waals surface area contributed by atoms with Crippen LogP contribution >= 0.6 is 15.9 Å². The fourth-order valence-electron chi connectivity index (χ4n) is 5.58. The SMILES string of the molecule is O=C(COC(=O)c1cncc(Br)c1)NCC12CC3CC(CC(C3)C1)C2. The highest BCUT2D eigenvalue weighted by Crippen LogP contribution is 2.59. The molecule has 0 aromatic carbocycles. The number of ether oxygens (including phenoxy) is 1. The second kappa shape index (κ2) is 6.71. The molecule has 0 aliphatic heterocycles. The van der Waals surface area contributed by atoms with E-state index in [0.29, 0.717) is 15.5 Å². The normalized spacial score (nSPS) is 32.4. The number of nitrogens with zero attached hydrogens (tertiary/aromatic N) is 1. The minimum atomic E-state index is -0.529. The Morgan fingerprint density at radius 3 is 2.40 bits per heavy atom. The third kappa shape index (κ3) is 3.73. The summed E-state index contributed by atoms with van der Waals surface area (Å²) in [7, 11) is 0. The van der Waals surface area contributed by atoms with Gasteiger partial charge >= 0.3 is 5.97 Å². The zero-order valence-corrected chi connectivity index (χ0v) is 15.8. The monoisotopic (exact) mass is 406 g/mol. The van der Waals surface area contributed by atoms with Crippen LogP contribution in [0.15, 0.2) is 22.9 Å². The molecule has 5 rings (SSSR count). The lowest BCUT2D eigenvalue weighted by Gasteiger charge is -2.56. The molecular weight excluding hydrogens is 384 g/mol. The van der Waals surface area contributed by atoms with Crippen molar-refractivity contribution < 1.29 is 14.3 Å². The molecule has 0 spiro atoms. The first kappa shape index (κ1) is 17.0. The van der Waals surface area contributed by atoms with Gasteiger partial charge in [0.05, 0.1) is 5.56 Å². The summed E-state index contributed by atoms with van der Waals surface area (Å²) in [5.74, 6) is 1.85. The van der Waals surface area contributed by atoms with Crippen LogP contribution in [0, 0.1) is 23.2 Å². The summed E-state index contributed by atoms with van der Waals surface area (Å²) in [5, 5.41) is 3.02. The van der Waals surface area contributed by atoms with Crippen molar-refractivity contribution in [1.82, 2.24) is 10.3 Å². The Morgan fingerprint density at radius 2 is 1.80 bits per heavy atom. The third-order valence-corrected chi connectivity index (χ3v) is 6.53. The maximum Gasteiger partial charge on any atom is 0.340 e. The molecule has 1 heterocycles. The topological polar surface area (TPSA) is 68.3 Å². The lowest BCUT2D eigenvalue weighted by atomic mass is 9.49. The molecule has 0 saturated heterocycles. The first-order chi connectivity index (χ1) is 12.0. The molecule has 1 N–H and O–H groups in total.